The second kappa shape index (κ2) is 11.2. The Morgan fingerprint density at radius 2 is 1.14 bits per heavy atom. The van der Waals surface area contributed by atoms with Crippen LogP contribution in [0.4, 0.5) is 17.1 Å². The smallest absolute Gasteiger partial charge is 0.143 e. The Morgan fingerprint density at radius 3 is 1.96 bits per heavy atom. The first kappa shape index (κ1) is 20.9. The fourth-order valence-corrected chi connectivity index (χ4v) is 7.91. The molecule has 10 aromatic rings. The van der Waals surface area contributed by atoms with Crippen LogP contribution in [-0.4, -0.2) is 0 Å². The van der Waals surface area contributed by atoms with Crippen molar-refractivity contribution >= 4 is 81.3 Å². The highest BCUT2D eigenvalue weighted by Crippen LogP contribution is 2.45. The van der Waals surface area contributed by atoms with Gasteiger partial charge < -0.3 is 9.32 Å². The van der Waals surface area contributed by atoms with Crippen LogP contribution >= 0.6 is 11.3 Å². The van der Waals surface area contributed by atoms with Crippen LogP contribution in [0.5, 0.6) is 0 Å². The van der Waals surface area contributed by atoms with Gasteiger partial charge >= 0.3 is 0 Å². The Kier molecular flexibility index (Phi) is 4.80. The normalized spacial score (nSPS) is 14.0. The molecule has 0 saturated carbocycles. The first-order chi connectivity index (χ1) is 27.7. The maximum Gasteiger partial charge on any atom is 0.143 e. The van der Waals surface area contributed by atoms with E-state index in [0.717, 1.165) is 30.9 Å². The zero-order valence-electron chi connectivity index (χ0n) is 33.9. The molecule has 0 aliphatic carbocycles. The van der Waals surface area contributed by atoms with E-state index in [1.165, 1.54) is 4.90 Å². The van der Waals surface area contributed by atoms with Crippen molar-refractivity contribution < 1.29 is 15.4 Å². The SMILES string of the molecule is [2H]c1c([2H])c(N(c2c([2H])c([2H])c(-c3cccc4sc5ccccc5c34)c([2H])c2[2H])c2cccc3oc4c5ccccc5ccc4c23)c([2H])c([2H])c1-c1ccccc1. The van der Waals surface area contributed by atoms with Crippen molar-refractivity contribution in [3.05, 3.63) is 176 Å². The summed E-state index contributed by atoms with van der Waals surface area (Å²) < 4.78 is 84.5. The van der Waals surface area contributed by atoms with E-state index in [4.69, 9.17) is 4.42 Å². The first-order valence-corrected chi connectivity index (χ1v) is 16.8. The molecule has 230 valence electrons. The number of hydrogen-bond donors (Lipinski definition) is 0. The Hall–Kier alpha value is -6.16. The third-order valence-corrected chi connectivity index (χ3v) is 10.1. The molecule has 0 spiro atoms. The largest absolute Gasteiger partial charge is 0.455 e. The van der Waals surface area contributed by atoms with Gasteiger partial charge in [0.15, 0.2) is 0 Å². The number of nitrogens with zero attached hydrogens (tertiary/aromatic N) is 1. The molecule has 0 N–H and O–H groups in total. The summed E-state index contributed by atoms with van der Waals surface area (Å²) in [7, 11) is 0. The van der Waals surface area contributed by atoms with Gasteiger partial charge in [-0.1, -0.05) is 121 Å². The van der Waals surface area contributed by atoms with Crippen LogP contribution in [0.2, 0.25) is 0 Å². The van der Waals surface area contributed by atoms with E-state index in [0.29, 0.717) is 38.8 Å². The van der Waals surface area contributed by atoms with Crippen molar-refractivity contribution in [3.63, 3.8) is 0 Å². The summed E-state index contributed by atoms with van der Waals surface area (Å²) in [4.78, 5) is 1.37. The second-order valence-corrected chi connectivity index (χ2v) is 12.9. The Labute approximate surface area is 299 Å². The quantitative estimate of drug-likeness (QED) is 0.184. The Bertz CT molecular complexity index is 3240. The summed E-state index contributed by atoms with van der Waals surface area (Å²) in [6.07, 6.45) is 0. The van der Waals surface area contributed by atoms with Crippen LogP contribution in [0.25, 0.3) is 75.1 Å². The third kappa shape index (κ3) is 4.55. The van der Waals surface area contributed by atoms with E-state index in [1.54, 1.807) is 53.8 Å². The zero-order chi connectivity index (χ0) is 39.3. The van der Waals surface area contributed by atoms with E-state index in [2.05, 4.69) is 0 Å². The number of anilines is 3. The lowest BCUT2D eigenvalue weighted by Crippen LogP contribution is -2.10. The van der Waals surface area contributed by atoms with Crippen LogP contribution in [0, 0.1) is 0 Å². The molecule has 0 saturated heterocycles. The van der Waals surface area contributed by atoms with Crippen molar-refractivity contribution in [2.24, 2.45) is 0 Å². The lowest BCUT2D eigenvalue weighted by atomic mass is 9.99. The first-order valence-electron chi connectivity index (χ1n) is 20.0. The number of benzene rings is 8. The van der Waals surface area contributed by atoms with E-state index >= 15 is 0 Å². The molecular formula is C46H29NOS. The van der Waals surface area contributed by atoms with E-state index < -0.39 is 24.2 Å². The van der Waals surface area contributed by atoms with Crippen molar-refractivity contribution in [2.45, 2.75) is 0 Å². The zero-order valence-corrected chi connectivity index (χ0v) is 26.7. The molecule has 2 heterocycles. The van der Waals surface area contributed by atoms with Gasteiger partial charge in [0, 0.05) is 42.3 Å². The van der Waals surface area contributed by atoms with E-state index in [1.807, 2.05) is 84.9 Å². The van der Waals surface area contributed by atoms with Crippen LogP contribution in [0.1, 0.15) is 11.0 Å². The number of fused-ring (bicyclic) bond motifs is 8. The minimum absolute atomic E-state index is 0.110. The van der Waals surface area contributed by atoms with Crippen molar-refractivity contribution in [2.75, 3.05) is 4.90 Å². The maximum atomic E-state index is 9.68. The molecule has 0 radical (unpaired) electrons. The fourth-order valence-electron chi connectivity index (χ4n) is 6.78. The van der Waals surface area contributed by atoms with Gasteiger partial charge in [-0.25, -0.2) is 0 Å². The van der Waals surface area contributed by atoms with Crippen LogP contribution in [0.15, 0.2) is 180 Å². The monoisotopic (exact) mass is 651 g/mol. The molecule has 8 aromatic carbocycles. The van der Waals surface area contributed by atoms with Gasteiger partial charge in [-0.2, -0.15) is 0 Å². The molecule has 10 rings (SSSR count). The average molecular weight is 652 g/mol. The van der Waals surface area contributed by atoms with Gasteiger partial charge in [-0.05, 0) is 82.1 Å². The number of furan rings is 1. The fraction of sp³-hybridized carbons (Fsp3) is 0. The third-order valence-electron chi connectivity index (χ3n) is 9.01. The highest BCUT2D eigenvalue weighted by molar-refractivity contribution is 7.25. The molecule has 2 aromatic heterocycles. The number of rotatable bonds is 5. The highest BCUT2D eigenvalue weighted by Gasteiger charge is 2.21. The van der Waals surface area contributed by atoms with Crippen LogP contribution in [-0.2, 0) is 0 Å². The molecule has 2 nitrogen and oxygen atoms in total. The highest BCUT2D eigenvalue weighted by atomic mass is 32.1. The summed E-state index contributed by atoms with van der Waals surface area (Å²) in [5.74, 6) is 0. The molecule has 49 heavy (non-hydrogen) atoms. The van der Waals surface area contributed by atoms with Gasteiger partial charge in [0.05, 0.1) is 22.0 Å². The molecule has 0 aliphatic rings. The lowest BCUT2D eigenvalue weighted by molar-refractivity contribution is 0.672. The van der Waals surface area contributed by atoms with Crippen LogP contribution in [0.3, 0.4) is 0 Å². The predicted molar refractivity (Wildman–Crippen MR) is 210 cm³/mol. The minimum atomic E-state index is -0.402. The van der Waals surface area contributed by atoms with Crippen LogP contribution < -0.4 is 4.90 Å². The molecule has 0 atom stereocenters. The molecule has 0 unspecified atom stereocenters. The van der Waals surface area contributed by atoms with Crippen molar-refractivity contribution in [1.29, 1.82) is 0 Å². The van der Waals surface area contributed by atoms with Gasteiger partial charge in [-0.15, -0.1) is 11.3 Å². The Balaban J connectivity index is 1.32. The standard InChI is InChI=1S/C46H29NOS/c1-2-10-30(11-3-1)31-20-25-34(26-21-31)47(40-16-9-17-41-45(40)39-29-24-32-12-4-5-13-37(32)46(39)48-41)35-27-22-33(23-28-35)36-15-8-19-43-44(36)38-14-6-7-18-42(38)49-43/h1-29H/i20D,21D,22D,23D,25D,26D,27D,28D. The summed E-state index contributed by atoms with van der Waals surface area (Å²) in [6.45, 7) is 0. The lowest BCUT2D eigenvalue weighted by Gasteiger charge is -2.26. The van der Waals surface area contributed by atoms with Gasteiger partial charge in [0.25, 0.3) is 0 Å². The van der Waals surface area contributed by atoms with Gasteiger partial charge in [0.2, 0.25) is 0 Å². The Morgan fingerprint density at radius 1 is 0.469 bits per heavy atom. The van der Waals surface area contributed by atoms with E-state index in [-0.39, 0.29) is 46.7 Å². The van der Waals surface area contributed by atoms with Crippen molar-refractivity contribution in [3.8, 4) is 22.3 Å². The summed E-state index contributed by atoms with van der Waals surface area (Å²) >= 11 is 1.59. The molecule has 0 bridgehead atoms. The number of hydrogen-bond acceptors (Lipinski definition) is 3. The van der Waals surface area contributed by atoms with E-state index in [9.17, 15) is 11.0 Å². The molecule has 0 fully saturated rings. The summed E-state index contributed by atoms with van der Waals surface area (Å²) in [5.41, 5.74) is 2.24. The predicted octanol–water partition coefficient (Wildman–Crippen LogP) is 13.9. The summed E-state index contributed by atoms with van der Waals surface area (Å²) in [5, 5.41) is 4.86. The van der Waals surface area contributed by atoms with Crippen molar-refractivity contribution in [1.82, 2.24) is 0 Å². The topological polar surface area (TPSA) is 16.4 Å². The second-order valence-electron chi connectivity index (χ2n) is 11.8. The molecule has 0 aliphatic heterocycles. The van der Waals surface area contributed by atoms with Gasteiger partial charge in [-0.3, -0.25) is 0 Å². The van der Waals surface area contributed by atoms with Gasteiger partial charge in [0.1, 0.15) is 11.2 Å². The molecule has 3 heteroatoms. The molecule has 0 amide bonds. The number of thiophene rings is 1. The molecular weight excluding hydrogens is 615 g/mol. The minimum Gasteiger partial charge on any atom is -0.455 e. The maximum absolute atomic E-state index is 9.68. The summed E-state index contributed by atoms with van der Waals surface area (Å²) in [6, 6.07) is 36.5. The average Bonchev–Trinajstić information content (AvgIpc) is 3.82.